The van der Waals surface area contributed by atoms with Gasteiger partial charge in [-0.2, -0.15) is 0 Å². The first-order valence-corrected chi connectivity index (χ1v) is 18.4. The van der Waals surface area contributed by atoms with Crippen LogP contribution >= 0.6 is 43.5 Å². The van der Waals surface area contributed by atoms with Gasteiger partial charge in [0, 0.05) is 58.8 Å². The Kier molecular flexibility index (Phi) is 17.0. The number of halogens is 5. The molecule has 6 rings (SSSR count). The molecule has 2 heterocycles. The fraction of sp³-hybridized carbons (Fsp3) is 0.333. The van der Waals surface area contributed by atoms with Crippen LogP contribution in [-0.2, 0) is 37.4 Å². The van der Waals surface area contributed by atoms with E-state index in [0.29, 0.717) is 37.3 Å². The summed E-state index contributed by atoms with van der Waals surface area (Å²) in [5.74, 6) is 0.130. The highest BCUT2D eigenvalue weighted by atomic mass is 79.9. The monoisotopic (exact) mass is 833 g/mol. The fourth-order valence-electron chi connectivity index (χ4n) is 5.61. The molecule has 0 unspecified atom stereocenters. The fourth-order valence-corrected chi connectivity index (χ4v) is 6.23. The number of ether oxygens (including phenoxy) is 1. The van der Waals surface area contributed by atoms with Gasteiger partial charge in [0.1, 0.15) is 17.4 Å². The van der Waals surface area contributed by atoms with Gasteiger partial charge in [0.2, 0.25) is 5.91 Å². The lowest BCUT2D eigenvalue weighted by atomic mass is 10.1. The Bertz CT molecular complexity index is 1680. The van der Waals surface area contributed by atoms with Gasteiger partial charge in [0.05, 0.1) is 6.42 Å². The molecule has 0 bridgehead atoms. The SMILES string of the molecule is CCN(C(C)C)C(C)C.Fc1ccc2c(c1)CNC2.O=C(Cc1ccc(Br)cc1)N1Cc2ccc(F)cc2C1.O=C(Cl)Oc1ccc(Br)cc1. The molecule has 268 valence electrons. The number of rotatable bonds is 6. The normalized spacial score (nSPS) is 12.6. The Morgan fingerprint density at radius 1 is 0.780 bits per heavy atom. The highest BCUT2D eigenvalue weighted by Gasteiger charge is 2.23. The maximum atomic E-state index is 13.2. The minimum atomic E-state index is -0.827. The topological polar surface area (TPSA) is 61.9 Å². The molecule has 1 amide bonds. The molecular weight excluding hydrogens is 792 g/mol. The van der Waals surface area contributed by atoms with E-state index < -0.39 is 5.43 Å². The predicted octanol–water partition coefficient (Wildman–Crippen LogP) is 10.4. The third-order valence-corrected chi connectivity index (χ3v) is 9.15. The second-order valence-corrected chi connectivity index (χ2v) is 14.4. The molecule has 6 nitrogen and oxygen atoms in total. The molecule has 11 heteroatoms. The van der Waals surface area contributed by atoms with Gasteiger partial charge in [-0.05, 0) is 123 Å². The summed E-state index contributed by atoms with van der Waals surface area (Å²) in [4.78, 5) is 26.7. The van der Waals surface area contributed by atoms with Crippen molar-refractivity contribution in [2.24, 2.45) is 0 Å². The van der Waals surface area contributed by atoms with E-state index in [4.69, 9.17) is 11.6 Å². The molecule has 50 heavy (non-hydrogen) atoms. The van der Waals surface area contributed by atoms with E-state index in [-0.39, 0.29) is 17.5 Å². The molecular formula is C39H44Br2ClF2N3O3. The second kappa shape index (κ2) is 20.6. The van der Waals surface area contributed by atoms with Gasteiger partial charge >= 0.3 is 5.43 Å². The minimum Gasteiger partial charge on any atom is -0.415 e. The van der Waals surface area contributed by atoms with Crippen molar-refractivity contribution in [1.29, 1.82) is 0 Å². The van der Waals surface area contributed by atoms with Crippen LogP contribution in [0.5, 0.6) is 5.75 Å². The van der Waals surface area contributed by atoms with Crippen LogP contribution < -0.4 is 10.1 Å². The summed E-state index contributed by atoms with van der Waals surface area (Å²) in [6.07, 6.45) is 0.379. The third-order valence-electron chi connectivity index (χ3n) is 8.01. The zero-order chi connectivity index (χ0) is 36.8. The number of nitrogens with one attached hydrogen (secondary N) is 1. The summed E-state index contributed by atoms with van der Waals surface area (Å²) >= 11 is 11.6. The molecule has 0 fully saturated rings. The van der Waals surface area contributed by atoms with E-state index in [1.54, 1.807) is 41.3 Å². The van der Waals surface area contributed by atoms with E-state index in [1.807, 2.05) is 30.3 Å². The number of benzene rings is 4. The molecule has 0 saturated carbocycles. The second-order valence-electron chi connectivity index (χ2n) is 12.3. The number of amides is 1. The van der Waals surface area contributed by atoms with Crippen LogP contribution in [0.1, 0.15) is 62.4 Å². The minimum absolute atomic E-state index is 0.0731. The van der Waals surface area contributed by atoms with Crippen molar-refractivity contribution in [1.82, 2.24) is 15.1 Å². The molecule has 0 aliphatic carbocycles. The maximum absolute atomic E-state index is 13.2. The van der Waals surface area contributed by atoms with Crippen molar-refractivity contribution >= 4 is 54.8 Å². The van der Waals surface area contributed by atoms with Crippen LogP contribution in [0.2, 0.25) is 0 Å². The smallest absolute Gasteiger partial charge is 0.409 e. The van der Waals surface area contributed by atoms with Crippen LogP contribution in [0.15, 0.2) is 93.9 Å². The lowest BCUT2D eigenvalue weighted by Gasteiger charge is -2.28. The van der Waals surface area contributed by atoms with Gasteiger partial charge in [-0.3, -0.25) is 9.69 Å². The van der Waals surface area contributed by atoms with E-state index in [1.165, 1.54) is 23.8 Å². The highest BCUT2D eigenvalue weighted by molar-refractivity contribution is 9.10. The average molecular weight is 836 g/mol. The lowest BCUT2D eigenvalue weighted by molar-refractivity contribution is -0.131. The van der Waals surface area contributed by atoms with Crippen molar-refractivity contribution in [3.05, 3.63) is 133 Å². The molecule has 4 aromatic carbocycles. The van der Waals surface area contributed by atoms with E-state index in [0.717, 1.165) is 50.8 Å². The summed E-state index contributed by atoms with van der Waals surface area (Å²) in [5, 5.41) is 3.15. The first-order chi connectivity index (χ1) is 23.7. The molecule has 0 atom stereocenters. The van der Waals surface area contributed by atoms with Crippen molar-refractivity contribution in [3.8, 4) is 5.75 Å². The number of nitrogens with zero attached hydrogens (tertiary/aromatic N) is 2. The van der Waals surface area contributed by atoms with Crippen LogP contribution in [-0.4, -0.2) is 39.8 Å². The summed E-state index contributed by atoms with van der Waals surface area (Å²) in [5.41, 5.74) is 4.43. The summed E-state index contributed by atoms with van der Waals surface area (Å²) in [6.45, 7) is 15.1. The van der Waals surface area contributed by atoms with Crippen molar-refractivity contribution in [3.63, 3.8) is 0 Å². The first-order valence-electron chi connectivity index (χ1n) is 16.4. The quantitative estimate of drug-likeness (QED) is 0.196. The number of carbonyl (C=O) groups excluding carboxylic acids is 2. The molecule has 0 aromatic heterocycles. The average Bonchev–Trinajstić information content (AvgIpc) is 3.71. The number of carbonyl (C=O) groups is 2. The van der Waals surface area contributed by atoms with Crippen LogP contribution in [0.4, 0.5) is 13.6 Å². The van der Waals surface area contributed by atoms with E-state index in [9.17, 15) is 18.4 Å². The maximum Gasteiger partial charge on any atom is 0.409 e. The zero-order valence-electron chi connectivity index (χ0n) is 29.0. The molecule has 2 aliphatic heterocycles. The molecule has 0 radical (unpaired) electrons. The van der Waals surface area contributed by atoms with Gasteiger partial charge in [0.25, 0.3) is 0 Å². The number of hydrogen-bond acceptors (Lipinski definition) is 5. The highest BCUT2D eigenvalue weighted by Crippen LogP contribution is 2.24. The molecule has 0 saturated heterocycles. The van der Waals surface area contributed by atoms with Crippen molar-refractivity contribution in [2.75, 3.05) is 6.54 Å². The molecule has 1 N–H and O–H groups in total. The summed E-state index contributed by atoms with van der Waals surface area (Å²) in [7, 11) is 0. The summed E-state index contributed by atoms with van der Waals surface area (Å²) < 4.78 is 32.2. The van der Waals surface area contributed by atoms with Gasteiger partial charge in [-0.15, -0.1) is 0 Å². The standard InChI is InChI=1S/C16H13BrFNO.C8H8FN.C8H19N.C7H4BrClO2/c17-14-4-1-11(2-5-14)7-16(20)19-9-12-3-6-15(18)8-13(12)10-19;9-8-2-1-6-4-10-5-7(6)3-8;1-6-9(7(2)3)8(4)5;8-5-1-3-6(4-2-5)11-7(9)10/h1-6,8H,7,9-10H2;1-3,10H,4-5H2;7-8H,6H2,1-5H3;1-4H. The van der Waals surface area contributed by atoms with E-state index in [2.05, 4.69) is 81.4 Å². The van der Waals surface area contributed by atoms with Gasteiger partial charge in [-0.1, -0.05) is 63.0 Å². The molecule has 0 spiro atoms. The Balaban J connectivity index is 0.000000193. The lowest BCUT2D eigenvalue weighted by Crippen LogP contribution is -2.36. The predicted molar refractivity (Wildman–Crippen MR) is 204 cm³/mol. The van der Waals surface area contributed by atoms with Gasteiger partial charge in [0.15, 0.2) is 0 Å². The number of fused-ring (bicyclic) bond motifs is 2. The van der Waals surface area contributed by atoms with Crippen LogP contribution in [0.25, 0.3) is 0 Å². The zero-order valence-corrected chi connectivity index (χ0v) is 32.9. The van der Waals surface area contributed by atoms with E-state index >= 15 is 0 Å². The first kappa shape index (κ1) is 41.3. The largest absolute Gasteiger partial charge is 0.415 e. The van der Waals surface area contributed by atoms with Gasteiger partial charge < -0.3 is 15.0 Å². The molecule has 2 aliphatic rings. The molecule has 4 aromatic rings. The summed E-state index contributed by atoms with van der Waals surface area (Å²) in [6, 6.07) is 25.6. The number of hydrogen-bond donors (Lipinski definition) is 1. The van der Waals surface area contributed by atoms with Crippen LogP contribution in [0, 0.1) is 11.6 Å². The van der Waals surface area contributed by atoms with Crippen molar-refractivity contribution < 1.29 is 23.1 Å². The van der Waals surface area contributed by atoms with Crippen LogP contribution in [0.3, 0.4) is 0 Å². The third kappa shape index (κ3) is 13.9. The Hall–Kier alpha value is -3.15. The van der Waals surface area contributed by atoms with Crippen molar-refractivity contribution in [2.45, 2.75) is 79.3 Å². The Labute approximate surface area is 316 Å². The Morgan fingerprint density at radius 3 is 1.80 bits per heavy atom. The van der Waals surface area contributed by atoms with Gasteiger partial charge in [-0.25, -0.2) is 13.6 Å². The Morgan fingerprint density at radius 2 is 1.28 bits per heavy atom.